The van der Waals surface area contributed by atoms with Gasteiger partial charge in [-0.3, -0.25) is 9.78 Å². The normalized spacial score (nSPS) is 14.8. The number of esters is 1. The van der Waals surface area contributed by atoms with Gasteiger partial charge < -0.3 is 14.4 Å². The van der Waals surface area contributed by atoms with Crippen LogP contribution in [-0.4, -0.2) is 56.3 Å². The van der Waals surface area contributed by atoms with Crippen LogP contribution in [0, 0.1) is 5.92 Å². The van der Waals surface area contributed by atoms with Crippen molar-refractivity contribution in [3.63, 3.8) is 0 Å². The number of hydrogen-bond acceptors (Lipinski definition) is 5. The summed E-state index contributed by atoms with van der Waals surface area (Å²) < 4.78 is 10.1. The summed E-state index contributed by atoms with van der Waals surface area (Å²) in [5, 5.41) is 0. The average molecular weight is 377 g/mol. The number of methoxy groups -OCH3 is 2. The summed E-state index contributed by atoms with van der Waals surface area (Å²) in [6, 6.07) is 4.50. The van der Waals surface area contributed by atoms with Crippen molar-refractivity contribution in [3.05, 3.63) is 29.1 Å². The SMILES string of the molecule is COCCN(CCCCc1ccc2c(n1)CCCC2)CC[C@H](C)C(=O)OC. The van der Waals surface area contributed by atoms with Gasteiger partial charge in [0.25, 0.3) is 0 Å². The van der Waals surface area contributed by atoms with E-state index >= 15 is 0 Å². The molecule has 0 bridgehead atoms. The van der Waals surface area contributed by atoms with Crippen molar-refractivity contribution < 1.29 is 14.3 Å². The summed E-state index contributed by atoms with van der Waals surface area (Å²) in [5.41, 5.74) is 4.02. The van der Waals surface area contributed by atoms with Crippen LogP contribution in [0.15, 0.2) is 12.1 Å². The highest BCUT2D eigenvalue weighted by molar-refractivity contribution is 5.71. The third kappa shape index (κ3) is 7.59. The first-order valence-corrected chi connectivity index (χ1v) is 10.4. The molecule has 5 nitrogen and oxygen atoms in total. The summed E-state index contributed by atoms with van der Waals surface area (Å²) in [6.45, 7) is 5.49. The van der Waals surface area contributed by atoms with Crippen LogP contribution in [0.4, 0.5) is 0 Å². The molecular weight excluding hydrogens is 340 g/mol. The Morgan fingerprint density at radius 1 is 1.15 bits per heavy atom. The summed E-state index contributed by atoms with van der Waals surface area (Å²) >= 11 is 0. The summed E-state index contributed by atoms with van der Waals surface area (Å²) in [6.07, 6.45) is 9.07. The third-order valence-electron chi connectivity index (χ3n) is 5.49. The number of carbonyl (C=O) groups excluding carboxylic acids is 1. The van der Waals surface area contributed by atoms with E-state index in [2.05, 4.69) is 17.0 Å². The van der Waals surface area contributed by atoms with Gasteiger partial charge in [-0.25, -0.2) is 0 Å². The van der Waals surface area contributed by atoms with Crippen LogP contribution in [0.2, 0.25) is 0 Å². The predicted molar refractivity (Wildman–Crippen MR) is 108 cm³/mol. The fourth-order valence-electron chi connectivity index (χ4n) is 3.66. The Morgan fingerprint density at radius 3 is 2.74 bits per heavy atom. The number of rotatable bonds is 12. The number of hydrogen-bond donors (Lipinski definition) is 0. The second-order valence-electron chi connectivity index (χ2n) is 7.62. The van der Waals surface area contributed by atoms with Crippen molar-refractivity contribution in [1.82, 2.24) is 9.88 Å². The van der Waals surface area contributed by atoms with E-state index in [0.29, 0.717) is 0 Å². The average Bonchev–Trinajstić information content (AvgIpc) is 2.71. The largest absolute Gasteiger partial charge is 0.469 e. The van der Waals surface area contributed by atoms with E-state index in [1.165, 1.54) is 43.3 Å². The predicted octanol–water partition coefficient (Wildman–Crippen LogP) is 3.43. The van der Waals surface area contributed by atoms with Crippen LogP contribution in [0.25, 0.3) is 0 Å². The molecule has 0 radical (unpaired) electrons. The Balaban J connectivity index is 1.73. The lowest BCUT2D eigenvalue weighted by Gasteiger charge is -2.23. The molecule has 1 heterocycles. The lowest BCUT2D eigenvalue weighted by atomic mass is 9.95. The molecule has 1 aliphatic rings. The Morgan fingerprint density at radius 2 is 1.96 bits per heavy atom. The maximum atomic E-state index is 11.6. The van der Waals surface area contributed by atoms with Gasteiger partial charge in [0.2, 0.25) is 0 Å². The quantitative estimate of drug-likeness (QED) is 0.413. The first kappa shape index (κ1) is 21.8. The van der Waals surface area contributed by atoms with E-state index in [9.17, 15) is 4.79 Å². The first-order chi connectivity index (χ1) is 13.1. The van der Waals surface area contributed by atoms with E-state index in [1.54, 1.807) is 7.11 Å². The van der Waals surface area contributed by atoms with Gasteiger partial charge in [-0.05, 0) is 76.1 Å². The molecule has 1 aliphatic carbocycles. The molecule has 0 N–H and O–H groups in total. The zero-order chi connectivity index (χ0) is 19.5. The van der Waals surface area contributed by atoms with Crippen molar-refractivity contribution in [1.29, 1.82) is 0 Å². The van der Waals surface area contributed by atoms with Gasteiger partial charge in [0.15, 0.2) is 0 Å². The number of aromatic nitrogens is 1. The molecule has 0 amide bonds. The Hall–Kier alpha value is -1.46. The molecule has 1 aromatic heterocycles. The number of unbranched alkanes of at least 4 members (excludes halogenated alkanes) is 1. The van der Waals surface area contributed by atoms with E-state index in [0.717, 1.165) is 58.3 Å². The highest BCUT2D eigenvalue weighted by Gasteiger charge is 2.15. The van der Waals surface area contributed by atoms with Crippen molar-refractivity contribution in [2.45, 2.75) is 58.3 Å². The molecule has 1 aromatic rings. The summed E-state index contributed by atoms with van der Waals surface area (Å²) in [4.78, 5) is 18.9. The van der Waals surface area contributed by atoms with Crippen LogP contribution in [0.1, 0.15) is 56.0 Å². The fraction of sp³-hybridized carbons (Fsp3) is 0.727. The van der Waals surface area contributed by atoms with Crippen molar-refractivity contribution >= 4 is 5.97 Å². The lowest BCUT2D eigenvalue weighted by Crippen LogP contribution is -2.31. The first-order valence-electron chi connectivity index (χ1n) is 10.4. The molecule has 0 unspecified atom stereocenters. The Kier molecular flexibility index (Phi) is 9.78. The highest BCUT2D eigenvalue weighted by atomic mass is 16.5. The summed E-state index contributed by atoms with van der Waals surface area (Å²) in [5.74, 6) is -0.181. The molecule has 0 spiro atoms. The number of nitrogens with zero attached hydrogens (tertiary/aromatic N) is 2. The lowest BCUT2D eigenvalue weighted by molar-refractivity contribution is -0.145. The zero-order valence-electron chi connectivity index (χ0n) is 17.3. The van der Waals surface area contributed by atoms with Crippen molar-refractivity contribution in [2.24, 2.45) is 5.92 Å². The zero-order valence-corrected chi connectivity index (χ0v) is 17.3. The van der Waals surface area contributed by atoms with Gasteiger partial charge in [-0.2, -0.15) is 0 Å². The number of carbonyl (C=O) groups is 1. The smallest absolute Gasteiger partial charge is 0.308 e. The van der Waals surface area contributed by atoms with Crippen LogP contribution in [0.5, 0.6) is 0 Å². The molecule has 2 rings (SSSR count). The minimum atomic E-state index is -0.125. The second-order valence-corrected chi connectivity index (χ2v) is 7.62. The number of pyridine rings is 1. The standard InChI is InChI=1S/C22H36N2O3/c1-18(22(25)27-3)13-15-24(16-17-26-2)14-7-6-9-20-12-11-19-8-4-5-10-21(19)23-20/h11-12,18H,4-10,13-17H2,1-3H3/t18-/m0/s1. The van der Waals surface area contributed by atoms with Crippen molar-refractivity contribution in [3.8, 4) is 0 Å². The van der Waals surface area contributed by atoms with E-state index in [1.807, 2.05) is 6.92 Å². The molecule has 0 fully saturated rings. The van der Waals surface area contributed by atoms with E-state index in [4.69, 9.17) is 14.5 Å². The van der Waals surface area contributed by atoms with Crippen LogP contribution in [-0.2, 0) is 33.5 Å². The van der Waals surface area contributed by atoms with Gasteiger partial charge >= 0.3 is 5.97 Å². The molecule has 0 aliphatic heterocycles. The second kappa shape index (κ2) is 12.1. The summed E-state index contributed by atoms with van der Waals surface area (Å²) in [7, 11) is 3.19. The minimum absolute atomic E-state index is 0.0558. The van der Waals surface area contributed by atoms with Gasteiger partial charge in [-0.1, -0.05) is 13.0 Å². The molecule has 0 saturated carbocycles. The minimum Gasteiger partial charge on any atom is -0.469 e. The number of fused-ring (bicyclic) bond motifs is 1. The molecule has 152 valence electrons. The van der Waals surface area contributed by atoms with Gasteiger partial charge in [0.05, 0.1) is 19.6 Å². The Bertz CT molecular complexity index is 577. The van der Waals surface area contributed by atoms with Gasteiger partial charge in [0.1, 0.15) is 0 Å². The molecule has 5 heteroatoms. The number of ether oxygens (including phenoxy) is 2. The molecule has 1 atom stereocenters. The maximum Gasteiger partial charge on any atom is 0.308 e. The number of aryl methyl sites for hydroxylation is 3. The van der Waals surface area contributed by atoms with Gasteiger partial charge in [-0.15, -0.1) is 0 Å². The van der Waals surface area contributed by atoms with E-state index in [-0.39, 0.29) is 11.9 Å². The third-order valence-corrected chi connectivity index (χ3v) is 5.49. The van der Waals surface area contributed by atoms with Gasteiger partial charge in [0, 0.05) is 25.0 Å². The topological polar surface area (TPSA) is 51.7 Å². The maximum absolute atomic E-state index is 11.6. The van der Waals surface area contributed by atoms with Crippen molar-refractivity contribution in [2.75, 3.05) is 40.5 Å². The molecular formula is C22H36N2O3. The fourth-order valence-corrected chi connectivity index (χ4v) is 3.66. The molecule has 0 saturated heterocycles. The van der Waals surface area contributed by atoms with Crippen LogP contribution < -0.4 is 0 Å². The highest BCUT2D eigenvalue weighted by Crippen LogP contribution is 2.20. The molecule has 27 heavy (non-hydrogen) atoms. The monoisotopic (exact) mass is 376 g/mol. The van der Waals surface area contributed by atoms with Crippen LogP contribution in [0.3, 0.4) is 0 Å². The van der Waals surface area contributed by atoms with Crippen LogP contribution >= 0.6 is 0 Å². The van der Waals surface area contributed by atoms with E-state index < -0.39 is 0 Å². The molecule has 0 aromatic carbocycles. The Labute approximate surface area is 164 Å².